The maximum Gasteiger partial charge on any atom is 0.342 e. The zero-order valence-corrected chi connectivity index (χ0v) is 14.3. The first kappa shape index (κ1) is 16.8. The number of furan rings is 1. The van der Waals surface area contributed by atoms with Gasteiger partial charge in [0.25, 0.3) is 0 Å². The van der Waals surface area contributed by atoms with E-state index in [2.05, 4.69) is 0 Å². The van der Waals surface area contributed by atoms with Crippen LogP contribution in [0.1, 0.15) is 30.0 Å². The molecule has 2 aromatic carbocycles. The summed E-state index contributed by atoms with van der Waals surface area (Å²) in [6, 6.07) is 9.26. The molecule has 25 heavy (non-hydrogen) atoms. The number of ether oxygens (including phenoxy) is 3. The van der Waals surface area contributed by atoms with Crippen molar-refractivity contribution in [2.75, 3.05) is 13.7 Å². The van der Waals surface area contributed by atoms with Gasteiger partial charge in [-0.15, -0.1) is 0 Å². The molecular formula is C19H18O6. The van der Waals surface area contributed by atoms with Crippen molar-refractivity contribution in [3.63, 3.8) is 0 Å². The molecule has 0 unspecified atom stereocenters. The molecule has 0 saturated carbocycles. The van der Waals surface area contributed by atoms with Crippen LogP contribution in [0, 0.1) is 0 Å². The van der Waals surface area contributed by atoms with Crippen molar-refractivity contribution >= 4 is 33.7 Å². The fraction of sp³-hybridized carbons (Fsp3) is 0.263. The number of benzene rings is 2. The number of carbonyl (C=O) groups excluding carboxylic acids is 2. The Balaban J connectivity index is 2.29. The van der Waals surface area contributed by atoms with Crippen LogP contribution in [-0.2, 0) is 20.9 Å². The Morgan fingerprint density at radius 2 is 1.88 bits per heavy atom. The van der Waals surface area contributed by atoms with Crippen LogP contribution >= 0.6 is 0 Å². The Hall–Kier alpha value is -3.02. The summed E-state index contributed by atoms with van der Waals surface area (Å²) < 4.78 is 21.3. The molecule has 6 heteroatoms. The minimum absolute atomic E-state index is 0.135. The van der Waals surface area contributed by atoms with Crippen LogP contribution in [0.15, 0.2) is 34.7 Å². The molecule has 3 rings (SSSR count). The molecule has 0 aliphatic heterocycles. The molecular weight excluding hydrogens is 324 g/mol. The molecule has 130 valence electrons. The van der Waals surface area contributed by atoms with Gasteiger partial charge in [0.15, 0.2) is 5.76 Å². The fourth-order valence-corrected chi connectivity index (χ4v) is 2.76. The van der Waals surface area contributed by atoms with Gasteiger partial charge in [0.1, 0.15) is 23.5 Å². The van der Waals surface area contributed by atoms with Crippen LogP contribution in [0.25, 0.3) is 21.7 Å². The molecule has 0 amide bonds. The molecule has 6 nitrogen and oxygen atoms in total. The van der Waals surface area contributed by atoms with E-state index in [4.69, 9.17) is 18.6 Å². The summed E-state index contributed by atoms with van der Waals surface area (Å²) in [6.45, 7) is 3.12. The first-order valence-electron chi connectivity index (χ1n) is 7.87. The molecule has 0 radical (unpaired) electrons. The van der Waals surface area contributed by atoms with Gasteiger partial charge in [-0.05, 0) is 35.9 Å². The van der Waals surface area contributed by atoms with E-state index in [1.807, 2.05) is 24.3 Å². The highest BCUT2D eigenvalue weighted by Gasteiger charge is 2.24. The standard InChI is InChI=1S/C19H18O6/c1-4-23-19(21)18-16(10-24-11(2)20)25-15-8-6-12-5-7-13(22-3)9-14(12)17(15)18/h5-9H,4,10H2,1-3H3. The highest BCUT2D eigenvalue weighted by molar-refractivity contribution is 6.16. The zero-order chi connectivity index (χ0) is 18.0. The van der Waals surface area contributed by atoms with Crippen molar-refractivity contribution in [1.29, 1.82) is 0 Å². The molecule has 0 aliphatic carbocycles. The molecule has 0 bridgehead atoms. The van der Waals surface area contributed by atoms with Crippen molar-refractivity contribution < 1.29 is 28.2 Å². The fourth-order valence-electron chi connectivity index (χ4n) is 2.76. The lowest BCUT2D eigenvalue weighted by Gasteiger charge is -2.06. The smallest absolute Gasteiger partial charge is 0.342 e. The summed E-state index contributed by atoms with van der Waals surface area (Å²) in [5, 5.41) is 2.36. The SMILES string of the molecule is CCOC(=O)c1c(COC(C)=O)oc2ccc3ccc(OC)cc3c12. The summed E-state index contributed by atoms with van der Waals surface area (Å²) in [4.78, 5) is 23.7. The van der Waals surface area contributed by atoms with E-state index in [1.165, 1.54) is 6.92 Å². The quantitative estimate of drug-likeness (QED) is 0.656. The van der Waals surface area contributed by atoms with Gasteiger partial charge in [0, 0.05) is 12.3 Å². The molecule has 0 N–H and O–H groups in total. The van der Waals surface area contributed by atoms with Gasteiger partial charge in [-0.2, -0.15) is 0 Å². The second-order valence-electron chi connectivity index (χ2n) is 5.43. The van der Waals surface area contributed by atoms with Gasteiger partial charge < -0.3 is 18.6 Å². The largest absolute Gasteiger partial charge is 0.497 e. The van der Waals surface area contributed by atoms with Gasteiger partial charge in [0.2, 0.25) is 0 Å². The van der Waals surface area contributed by atoms with E-state index < -0.39 is 11.9 Å². The predicted molar refractivity (Wildman–Crippen MR) is 91.7 cm³/mol. The number of fused-ring (bicyclic) bond motifs is 3. The van der Waals surface area contributed by atoms with Crippen molar-refractivity contribution in [2.24, 2.45) is 0 Å². The maximum absolute atomic E-state index is 12.5. The van der Waals surface area contributed by atoms with Gasteiger partial charge in [-0.3, -0.25) is 4.79 Å². The van der Waals surface area contributed by atoms with Crippen LogP contribution in [0.3, 0.4) is 0 Å². The van der Waals surface area contributed by atoms with E-state index in [-0.39, 0.29) is 24.5 Å². The first-order valence-corrected chi connectivity index (χ1v) is 7.87. The number of esters is 2. The zero-order valence-electron chi connectivity index (χ0n) is 14.3. The molecule has 0 atom stereocenters. The lowest BCUT2D eigenvalue weighted by molar-refractivity contribution is -0.142. The highest BCUT2D eigenvalue weighted by atomic mass is 16.5. The average molecular weight is 342 g/mol. The summed E-state index contributed by atoms with van der Waals surface area (Å²) in [6.07, 6.45) is 0. The Bertz CT molecular complexity index is 953. The Labute approximate surface area is 144 Å². The van der Waals surface area contributed by atoms with E-state index in [0.29, 0.717) is 16.7 Å². The molecule has 0 saturated heterocycles. The molecule has 0 spiro atoms. The Kier molecular flexibility index (Phi) is 4.61. The Morgan fingerprint density at radius 3 is 2.56 bits per heavy atom. The van der Waals surface area contributed by atoms with E-state index in [1.54, 1.807) is 20.1 Å². The van der Waals surface area contributed by atoms with Crippen LogP contribution in [0.4, 0.5) is 0 Å². The van der Waals surface area contributed by atoms with Crippen molar-refractivity contribution in [1.82, 2.24) is 0 Å². The van der Waals surface area contributed by atoms with Crippen molar-refractivity contribution in [3.8, 4) is 5.75 Å². The minimum Gasteiger partial charge on any atom is -0.497 e. The molecule has 0 fully saturated rings. The molecule has 3 aromatic rings. The molecule has 1 aromatic heterocycles. The van der Waals surface area contributed by atoms with Gasteiger partial charge >= 0.3 is 11.9 Å². The molecule has 0 aliphatic rings. The summed E-state index contributed by atoms with van der Waals surface area (Å²) in [7, 11) is 1.58. The third-order valence-electron chi connectivity index (χ3n) is 3.84. The normalized spacial score (nSPS) is 10.8. The van der Waals surface area contributed by atoms with Gasteiger partial charge in [-0.25, -0.2) is 4.79 Å². The number of hydrogen-bond donors (Lipinski definition) is 0. The summed E-state index contributed by atoms with van der Waals surface area (Å²) >= 11 is 0. The van der Waals surface area contributed by atoms with Gasteiger partial charge in [0.05, 0.1) is 13.7 Å². The van der Waals surface area contributed by atoms with E-state index in [0.717, 1.165) is 10.8 Å². The lowest BCUT2D eigenvalue weighted by Crippen LogP contribution is -2.08. The van der Waals surface area contributed by atoms with Crippen LogP contribution in [0.2, 0.25) is 0 Å². The second kappa shape index (κ2) is 6.84. The third kappa shape index (κ3) is 3.15. The predicted octanol–water partition coefficient (Wildman–Crippen LogP) is 3.83. The topological polar surface area (TPSA) is 75.0 Å². The number of carbonyl (C=O) groups is 2. The van der Waals surface area contributed by atoms with Crippen LogP contribution in [0.5, 0.6) is 5.75 Å². The van der Waals surface area contributed by atoms with Crippen molar-refractivity contribution in [2.45, 2.75) is 20.5 Å². The van der Waals surface area contributed by atoms with E-state index in [9.17, 15) is 9.59 Å². The molecule has 1 heterocycles. The second-order valence-corrected chi connectivity index (χ2v) is 5.43. The average Bonchev–Trinajstić information content (AvgIpc) is 2.98. The summed E-state index contributed by atoms with van der Waals surface area (Å²) in [5.41, 5.74) is 0.794. The van der Waals surface area contributed by atoms with Crippen LogP contribution < -0.4 is 4.74 Å². The lowest BCUT2D eigenvalue weighted by atomic mass is 10.0. The van der Waals surface area contributed by atoms with E-state index >= 15 is 0 Å². The Morgan fingerprint density at radius 1 is 1.12 bits per heavy atom. The summed E-state index contributed by atoms with van der Waals surface area (Å²) in [5.74, 6) is -0.0444. The first-order chi connectivity index (χ1) is 12.0. The van der Waals surface area contributed by atoms with Crippen molar-refractivity contribution in [3.05, 3.63) is 41.7 Å². The number of hydrogen-bond acceptors (Lipinski definition) is 6. The third-order valence-corrected chi connectivity index (χ3v) is 3.84. The number of rotatable bonds is 5. The monoisotopic (exact) mass is 342 g/mol. The van der Waals surface area contributed by atoms with Gasteiger partial charge in [-0.1, -0.05) is 12.1 Å². The van der Waals surface area contributed by atoms with Crippen LogP contribution in [-0.4, -0.2) is 25.7 Å². The number of methoxy groups -OCH3 is 1. The highest BCUT2D eigenvalue weighted by Crippen LogP contribution is 2.35. The maximum atomic E-state index is 12.5. The minimum atomic E-state index is -0.515.